The molecule has 0 amide bonds. The number of hydrogen-bond donors (Lipinski definition) is 2. The molecule has 0 aromatic rings. The molecule has 13 heavy (non-hydrogen) atoms. The summed E-state index contributed by atoms with van der Waals surface area (Å²) in [5.41, 5.74) is 0. The summed E-state index contributed by atoms with van der Waals surface area (Å²) in [6, 6.07) is 0. The Morgan fingerprint density at radius 1 is 0.846 bits per heavy atom. The molecule has 0 fully saturated rings. The average Bonchev–Trinajstić information content (AvgIpc) is 1.63. The van der Waals surface area contributed by atoms with E-state index in [1.54, 1.807) is 0 Å². The fourth-order valence-electron chi connectivity index (χ4n) is 0. The summed E-state index contributed by atoms with van der Waals surface area (Å²) in [6.07, 6.45) is 0. The second-order valence-electron chi connectivity index (χ2n) is 0.899. The van der Waals surface area contributed by atoms with Crippen molar-refractivity contribution < 1.29 is 189 Å². The molecule has 0 spiro atoms. The Bertz CT molecular complexity index is 114. The maximum absolute atomic E-state index is 9.10. The van der Waals surface area contributed by atoms with E-state index in [1.165, 1.54) is 0 Å². The topological polar surface area (TPSA) is 144 Å². The van der Waals surface area contributed by atoms with Crippen molar-refractivity contribution >= 4 is 19.3 Å². The van der Waals surface area contributed by atoms with Crippen LogP contribution in [0.5, 0.6) is 0 Å². The van der Waals surface area contributed by atoms with Crippen LogP contribution >= 0.6 is 0 Å². The molecule has 11 heteroatoms. The van der Waals surface area contributed by atoms with Gasteiger partial charge in [-0.05, 0) is 0 Å². The molecular formula is C2H2BK3O7. The first-order chi connectivity index (χ1) is 4.37. The molecule has 2 N–H and O–H groups in total. The van der Waals surface area contributed by atoms with E-state index in [-0.39, 0.29) is 154 Å². The fraction of sp³-hybridized carbons (Fsp3) is 0. The van der Waals surface area contributed by atoms with Gasteiger partial charge in [0.05, 0.1) is 0 Å². The van der Waals surface area contributed by atoms with E-state index in [9.17, 15) is 0 Å². The van der Waals surface area contributed by atoms with Gasteiger partial charge in [-0.1, -0.05) is 0 Å². The van der Waals surface area contributed by atoms with Gasteiger partial charge in [0.25, 0.3) is 0 Å². The van der Waals surface area contributed by atoms with Gasteiger partial charge in [-0.3, -0.25) is 7.32 Å². The van der Waals surface area contributed by atoms with Crippen LogP contribution in [-0.2, 0) is 9.59 Å². The Balaban J connectivity index is -0.0000000279. The van der Waals surface area contributed by atoms with Crippen molar-refractivity contribution in [2.75, 3.05) is 0 Å². The van der Waals surface area contributed by atoms with Gasteiger partial charge in [0, 0.05) is 0 Å². The molecule has 58 valence electrons. The zero-order chi connectivity index (χ0) is 8.73. The summed E-state index contributed by atoms with van der Waals surface area (Å²) in [7, 11) is -2.92. The maximum atomic E-state index is 9.10. The van der Waals surface area contributed by atoms with Gasteiger partial charge in [0.2, 0.25) is 0 Å². The standard InChI is InChI=1S/C2H2O4.BO3.3K/c3-1(4)2(5)6;2-1(3)4;;;/h(H,3,4)(H,5,6);;;;/q;-3;3*+1. The first-order valence-electron chi connectivity index (χ1n) is 1.81. The molecule has 0 aliphatic heterocycles. The minimum atomic E-state index is -2.92. The van der Waals surface area contributed by atoms with Crippen LogP contribution in [0.3, 0.4) is 0 Å². The van der Waals surface area contributed by atoms with Crippen LogP contribution in [-0.4, -0.2) is 29.5 Å². The predicted molar refractivity (Wildman–Crippen MR) is 21.0 cm³/mol. The molecule has 0 aliphatic rings. The Labute approximate surface area is 202 Å². The van der Waals surface area contributed by atoms with Crippen molar-refractivity contribution in [2.45, 2.75) is 0 Å². The van der Waals surface area contributed by atoms with Crippen molar-refractivity contribution in [3.8, 4) is 0 Å². The molecular weight excluding hydrogens is 264 g/mol. The average molecular weight is 266 g/mol. The third kappa shape index (κ3) is 49.5. The molecule has 0 aromatic heterocycles. The van der Waals surface area contributed by atoms with Gasteiger partial charge >= 0.3 is 166 Å². The molecule has 0 bridgehead atoms. The predicted octanol–water partition coefficient (Wildman–Crippen LogP) is -13.8. The van der Waals surface area contributed by atoms with E-state index in [1.807, 2.05) is 0 Å². The molecule has 0 radical (unpaired) electrons. The third-order valence-corrected chi connectivity index (χ3v) is 0.183. The van der Waals surface area contributed by atoms with Crippen molar-refractivity contribution in [2.24, 2.45) is 0 Å². The van der Waals surface area contributed by atoms with Crippen molar-refractivity contribution in [3.63, 3.8) is 0 Å². The van der Waals surface area contributed by atoms with Crippen molar-refractivity contribution in [1.29, 1.82) is 0 Å². The summed E-state index contributed by atoms with van der Waals surface area (Å²) in [5.74, 6) is -3.65. The van der Waals surface area contributed by atoms with Crippen LogP contribution in [0.4, 0.5) is 0 Å². The molecule has 7 nitrogen and oxygen atoms in total. The van der Waals surface area contributed by atoms with Crippen molar-refractivity contribution in [1.82, 2.24) is 0 Å². The monoisotopic (exact) mass is 266 g/mol. The molecule has 0 atom stereocenters. The smallest absolute Gasteiger partial charge is 0.907 e. The Morgan fingerprint density at radius 3 is 0.923 bits per heavy atom. The molecule has 0 aromatic carbocycles. The summed E-state index contributed by atoms with van der Waals surface area (Å²) < 4.78 is 0. The number of carboxylic acid groups (broad SMARTS) is 2. The molecule has 0 heterocycles. The number of aliphatic carboxylic acids is 2. The molecule has 0 aliphatic carbocycles. The van der Waals surface area contributed by atoms with Crippen LogP contribution in [0, 0.1) is 0 Å². The quantitative estimate of drug-likeness (QED) is 0.327. The van der Waals surface area contributed by atoms with E-state index in [0.717, 1.165) is 0 Å². The summed E-state index contributed by atoms with van der Waals surface area (Å²) in [4.78, 5) is 18.2. The number of rotatable bonds is 0. The van der Waals surface area contributed by atoms with Gasteiger partial charge in [-0.15, -0.1) is 0 Å². The summed E-state index contributed by atoms with van der Waals surface area (Å²) in [5, 5.41) is 40.0. The largest absolute Gasteiger partial charge is 1.00 e. The Hall–Kier alpha value is 3.79. The summed E-state index contributed by atoms with van der Waals surface area (Å²) >= 11 is 0. The van der Waals surface area contributed by atoms with Gasteiger partial charge in [-0.25, -0.2) is 9.59 Å². The van der Waals surface area contributed by atoms with Crippen molar-refractivity contribution in [3.05, 3.63) is 0 Å². The van der Waals surface area contributed by atoms with E-state index >= 15 is 0 Å². The van der Waals surface area contributed by atoms with Gasteiger partial charge in [0.15, 0.2) is 0 Å². The van der Waals surface area contributed by atoms with Crippen LogP contribution in [0.25, 0.3) is 0 Å². The minimum absolute atomic E-state index is 0. The second kappa shape index (κ2) is 21.1. The molecule has 0 unspecified atom stereocenters. The van der Waals surface area contributed by atoms with Crippen LogP contribution in [0.15, 0.2) is 0 Å². The number of carboxylic acids is 2. The Kier molecular flexibility index (Phi) is 48.9. The van der Waals surface area contributed by atoms with E-state index in [0.29, 0.717) is 0 Å². The fourth-order valence-corrected chi connectivity index (χ4v) is 0. The maximum Gasteiger partial charge on any atom is 1.00 e. The van der Waals surface area contributed by atoms with Gasteiger partial charge in [0.1, 0.15) is 0 Å². The second-order valence-corrected chi connectivity index (χ2v) is 0.899. The van der Waals surface area contributed by atoms with Crippen LogP contribution < -0.4 is 169 Å². The first-order valence-corrected chi connectivity index (χ1v) is 1.81. The van der Waals surface area contributed by atoms with E-state index < -0.39 is 19.3 Å². The van der Waals surface area contributed by atoms with E-state index in [4.69, 9.17) is 34.9 Å². The normalized spacial score (nSPS) is 5.46. The molecule has 0 saturated heterocycles. The van der Waals surface area contributed by atoms with Crippen LogP contribution in [0.2, 0.25) is 0 Å². The molecule has 0 rings (SSSR count). The van der Waals surface area contributed by atoms with Gasteiger partial charge < -0.3 is 25.3 Å². The van der Waals surface area contributed by atoms with Gasteiger partial charge in [-0.2, -0.15) is 0 Å². The SMILES string of the molecule is O=C(O)C(=O)O.[K+].[K+].[K+].[O-]B([O-])[O-]. The summed E-state index contributed by atoms with van der Waals surface area (Å²) in [6.45, 7) is 0. The van der Waals surface area contributed by atoms with E-state index in [2.05, 4.69) is 0 Å². The first kappa shape index (κ1) is 30.1. The zero-order valence-corrected chi connectivity index (χ0v) is 16.9. The number of hydrogen-bond acceptors (Lipinski definition) is 5. The third-order valence-electron chi connectivity index (χ3n) is 0.183. The molecule has 0 saturated carbocycles. The number of carbonyl (C=O) groups is 2. The zero-order valence-electron chi connectivity index (χ0n) is 7.51. The Morgan fingerprint density at radius 2 is 0.923 bits per heavy atom. The minimum Gasteiger partial charge on any atom is -0.907 e. The van der Waals surface area contributed by atoms with Crippen LogP contribution in [0.1, 0.15) is 0 Å².